The van der Waals surface area contributed by atoms with Crippen molar-refractivity contribution in [1.29, 1.82) is 0 Å². The highest BCUT2D eigenvalue weighted by atomic mass is 16.5. The van der Waals surface area contributed by atoms with E-state index in [-0.39, 0.29) is 11.6 Å². The largest absolute Gasteiger partial charge is 0.486 e. The van der Waals surface area contributed by atoms with Gasteiger partial charge in [0.1, 0.15) is 23.9 Å². The van der Waals surface area contributed by atoms with Crippen LogP contribution in [0.5, 0.6) is 5.75 Å². The van der Waals surface area contributed by atoms with Gasteiger partial charge in [-0.05, 0) is 17.7 Å². The third-order valence-corrected chi connectivity index (χ3v) is 3.32. The molecular weight excluding hydrogens is 306 g/mol. The SMILES string of the molecule is NNc1nc(N)cc(OCc2cccc(-c3ncccn3)c2)c1N. The third-order valence-electron chi connectivity index (χ3n) is 3.32. The topological polar surface area (TPSA) is 138 Å². The van der Waals surface area contributed by atoms with Crippen molar-refractivity contribution in [3.63, 3.8) is 0 Å². The van der Waals surface area contributed by atoms with Gasteiger partial charge >= 0.3 is 0 Å². The minimum absolute atomic E-state index is 0.263. The van der Waals surface area contributed by atoms with Gasteiger partial charge < -0.3 is 21.6 Å². The second-order valence-electron chi connectivity index (χ2n) is 5.01. The molecule has 1 aromatic carbocycles. The van der Waals surface area contributed by atoms with Gasteiger partial charge in [-0.3, -0.25) is 0 Å². The predicted molar refractivity (Wildman–Crippen MR) is 92.7 cm³/mol. The number of pyridine rings is 1. The molecule has 0 saturated carbocycles. The second kappa shape index (κ2) is 6.80. The van der Waals surface area contributed by atoms with E-state index in [2.05, 4.69) is 20.4 Å². The normalized spacial score (nSPS) is 10.4. The summed E-state index contributed by atoms with van der Waals surface area (Å²) >= 11 is 0. The lowest BCUT2D eigenvalue weighted by Gasteiger charge is -2.13. The zero-order chi connectivity index (χ0) is 16.9. The number of rotatable bonds is 5. The quantitative estimate of drug-likeness (QED) is 0.410. The lowest BCUT2D eigenvalue weighted by Crippen LogP contribution is -2.13. The van der Waals surface area contributed by atoms with Crippen molar-refractivity contribution < 1.29 is 4.74 Å². The number of anilines is 3. The smallest absolute Gasteiger partial charge is 0.169 e. The van der Waals surface area contributed by atoms with Gasteiger partial charge in [0.25, 0.3) is 0 Å². The van der Waals surface area contributed by atoms with Gasteiger partial charge in [0.2, 0.25) is 0 Å². The van der Waals surface area contributed by atoms with E-state index in [9.17, 15) is 0 Å². The summed E-state index contributed by atoms with van der Waals surface area (Å²) in [5.74, 6) is 6.97. The number of nitrogens with two attached hydrogens (primary N) is 3. The summed E-state index contributed by atoms with van der Waals surface area (Å²) in [4.78, 5) is 12.5. The van der Waals surface area contributed by atoms with Gasteiger partial charge in [0, 0.05) is 24.0 Å². The summed E-state index contributed by atoms with van der Waals surface area (Å²) in [7, 11) is 0. The van der Waals surface area contributed by atoms with Crippen LogP contribution >= 0.6 is 0 Å². The van der Waals surface area contributed by atoms with Crippen LogP contribution in [-0.4, -0.2) is 15.0 Å². The highest BCUT2D eigenvalue weighted by Crippen LogP contribution is 2.30. The lowest BCUT2D eigenvalue weighted by atomic mass is 10.1. The number of hydrogen-bond donors (Lipinski definition) is 4. The first-order valence-corrected chi connectivity index (χ1v) is 7.19. The molecule has 8 nitrogen and oxygen atoms in total. The molecule has 2 aromatic heterocycles. The molecule has 7 N–H and O–H groups in total. The fourth-order valence-electron chi connectivity index (χ4n) is 2.19. The van der Waals surface area contributed by atoms with Crippen molar-refractivity contribution in [1.82, 2.24) is 15.0 Å². The zero-order valence-electron chi connectivity index (χ0n) is 12.8. The van der Waals surface area contributed by atoms with Gasteiger partial charge in [-0.15, -0.1) is 0 Å². The van der Waals surface area contributed by atoms with Crippen molar-refractivity contribution >= 4 is 17.3 Å². The molecular formula is C16H17N7O. The van der Waals surface area contributed by atoms with Crippen molar-refractivity contribution in [2.75, 3.05) is 16.9 Å². The maximum Gasteiger partial charge on any atom is 0.169 e. The van der Waals surface area contributed by atoms with Gasteiger partial charge in [0.05, 0.1) is 0 Å². The van der Waals surface area contributed by atoms with E-state index in [1.807, 2.05) is 24.3 Å². The average Bonchev–Trinajstić information content (AvgIpc) is 2.63. The van der Waals surface area contributed by atoms with E-state index in [0.717, 1.165) is 11.1 Å². The molecule has 24 heavy (non-hydrogen) atoms. The first-order valence-electron chi connectivity index (χ1n) is 7.19. The molecule has 0 fully saturated rings. The molecule has 0 amide bonds. The molecule has 3 rings (SSSR count). The van der Waals surface area contributed by atoms with Crippen LogP contribution in [0.2, 0.25) is 0 Å². The van der Waals surface area contributed by atoms with Crippen LogP contribution in [0.4, 0.5) is 17.3 Å². The Kier molecular flexibility index (Phi) is 4.39. The van der Waals surface area contributed by atoms with Gasteiger partial charge in [0.15, 0.2) is 11.6 Å². The molecule has 3 aromatic rings. The van der Waals surface area contributed by atoms with E-state index in [0.29, 0.717) is 23.9 Å². The molecule has 0 radical (unpaired) electrons. The Morgan fingerprint density at radius 1 is 1.04 bits per heavy atom. The summed E-state index contributed by atoms with van der Waals surface area (Å²) in [6, 6.07) is 11.1. The number of hydrogen-bond acceptors (Lipinski definition) is 8. The first kappa shape index (κ1) is 15.5. The molecule has 0 unspecified atom stereocenters. The third kappa shape index (κ3) is 3.33. The van der Waals surface area contributed by atoms with Crippen LogP contribution in [0.25, 0.3) is 11.4 Å². The maximum absolute atomic E-state index is 5.94. The number of benzene rings is 1. The van der Waals surface area contributed by atoms with E-state index < -0.39 is 0 Å². The van der Waals surface area contributed by atoms with Crippen LogP contribution in [0.3, 0.4) is 0 Å². The summed E-state index contributed by atoms with van der Waals surface area (Å²) in [5.41, 5.74) is 16.2. The van der Waals surface area contributed by atoms with E-state index in [4.69, 9.17) is 22.0 Å². The van der Waals surface area contributed by atoms with E-state index in [1.165, 1.54) is 0 Å². The Balaban J connectivity index is 1.80. The van der Waals surface area contributed by atoms with Gasteiger partial charge in [-0.2, -0.15) is 0 Å². The molecule has 0 atom stereocenters. The molecule has 0 saturated heterocycles. The molecule has 0 aliphatic carbocycles. The predicted octanol–water partition coefficient (Wildman–Crippen LogP) is 1.57. The second-order valence-corrected chi connectivity index (χ2v) is 5.01. The Bertz CT molecular complexity index is 839. The lowest BCUT2D eigenvalue weighted by molar-refractivity contribution is 0.308. The number of nitrogens with one attached hydrogen (secondary N) is 1. The molecule has 0 bridgehead atoms. The highest BCUT2D eigenvalue weighted by molar-refractivity contribution is 5.71. The minimum Gasteiger partial charge on any atom is -0.486 e. The Labute approximate surface area is 138 Å². The molecule has 2 heterocycles. The van der Waals surface area contributed by atoms with Crippen LogP contribution in [0, 0.1) is 0 Å². The molecule has 0 aliphatic rings. The fraction of sp³-hybridized carbons (Fsp3) is 0.0625. The van der Waals surface area contributed by atoms with E-state index in [1.54, 1.807) is 24.5 Å². The molecule has 122 valence electrons. The van der Waals surface area contributed by atoms with Gasteiger partial charge in [-0.25, -0.2) is 20.8 Å². The number of hydrazine groups is 1. The first-order chi connectivity index (χ1) is 11.7. The van der Waals surface area contributed by atoms with Gasteiger partial charge in [-0.1, -0.05) is 18.2 Å². The Morgan fingerprint density at radius 3 is 2.58 bits per heavy atom. The number of ether oxygens (including phenoxy) is 1. The summed E-state index contributed by atoms with van der Waals surface area (Å²) in [6.45, 7) is 0.304. The zero-order valence-corrected chi connectivity index (χ0v) is 12.8. The molecule has 0 spiro atoms. The monoisotopic (exact) mass is 323 g/mol. The fourth-order valence-corrected chi connectivity index (χ4v) is 2.19. The summed E-state index contributed by atoms with van der Waals surface area (Å²) < 4.78 is 5.76. The van der Waals surface area contributed by atoms with Crippen LogP contribution in [0.1, 0.15) is 5.56 Å². The average molecular weight is 323 g/mol. The van der Waals surface area contributed by atoms with Crippen LogP contribution in [-0.2, 0) is 6.61 Å². The Morgan fingerprint density at radius 2 is 1.83 bits per heavy atom. The molecule has 0 aliphatic heterocycles. The van der Waals surface area contributed by atoms with Crippen molar-refractivity contribution in [3.8, 4) is 17.1 Å². The highest BCUT2D eigenvalue weighted by Gasteiger charge is 2.10. The van der Waals surface area contributed by atoms with Crippen LogP contribution < -0.4 is 27.5 Å². The molecule has 8 heteroatoms. The standard InChI is InChI=1S/C16H17N7O/c17-13-8-12(14(18)16(22-13)23-19)24-9-10-3-1-4-11(7-10)15-20-5-2-6-21-15/h1-8H,9,18-19H2,(H3,17,22,23). The number of nitrogen functional groups attached to an aromatic ring is 3. The maximum atomic E-state index is 5.94. The van der Waals surface area contributed by atoms with Crippen molar-refractivity contribution in [2.45, 2.75) is 6.61 Å². The summed E-state index contributed by atoms with van der Waals surface area (Å²) in [6.07, 6.45) is 3.40. The van der Waals surface area contributed by atoms with E-state index >= 15 is 0 Å². The number of nitrogens with zero attached hydrogens (tertiary/aromatic N) is 3. The number of aromatic nitrogens is 3. The van der Waals surface area contributed by atoms with Crippen molar-refractivity contribution in [3.05, 3.63) is 54.4 Å². The Hall–Kier alpha value is -3.39. The summed E-state index contributed by atoms with van der Waals surface area (Å²) in [5, 5.41) is 0. The van der Waals surface area contributed by atoms with Crippen LogP contribution in [0.15, 0.2) is 48.8 Å². The minimum atomic E-state index is 0.263. The van der Waals surface area contributed by atoms with Crippen molar-refractivity contribution in [2.24, 2.45) is 5.84 Å².